The van der Waals surface area contributed by atoms with Gasteiger partial charge in [-0.25, -0.2) is 0 Å². The third-order valence-electron chi connectivity index (χ3n) is 4.46. The fourth-order valence-corrected chi connectivity index (χ4v) is 3.22. The molecule has 1 N–H and O–H groups in total. The quantitative estimate of drug-likeness (QED) is 0.701. The van der Waals surface area contributed by atoms with Crippen molar-refractivity contribution in [2.75, 3.05) is 33.9 Å². The molecule has 2 aliphatic carbocycles. The topological polar surface area (TPSA) is 24.5 Å². The van der Waals surface area contributed by atoms with Gasteiger partial charge in [-0.15, -0.1) is 0 Å². The fourth-order valence-electron chi connectivity index (χ4n) is 3.22. The summed E-state index contributed by atoms with van der Waals surface area (Å²) in [7, 11) is 3.92. The summed E-state index contributed by atoms with van der Waals surface area (Å²) in [5, 5.41) is 3.48. The Kier molecular flexibility index (Phi) is 5.26. The first-order chi connectivity index (χ1) is 8.35. The predicted octanol–water partition coefficient (Wildman–Crippen LogP) is 1.88. The van der Waals surface area contributed by atoms with E-state index in [1.807, 2.05) is 0 Å². The van der Waals surface area contributed by atoms with Crippen LogP contribution in [0.4, 0.5) is 0 Å². The summed E-state index contributed by atoms with van der Waals surface area (Å²) in [6, 6.07) is 1.65. The van der Waals surface area contributed by atoms with Gasteiger partial charge in [0.25, 0.3) is 0 Å². The number of nitrogens with one attached hydrogen (secondary N) is 1. The van der Waals surface area contributed by atoms with E-state index < -0.39 is 0 Å². The van der Waals surface area contributed by atoms with Crippen molar-refractivity contribution < 1.29 is 4.74 Å². The molecule has 17 heavy (non-hydrogen) atoms. The SMILES string of the molecule is CNC1CCCC1CCN(CCOC)C1CC1. The molecule has 3 heteroatoms. The molecule has 0 aromatic carbocycles. The lowest BCUT2D eigenvalue weighted by atomic mass is 9.99. The van der Waals surface area contributed by atoms with Crippen LogP contribution in [0.15, 0.2) is 0 Å². The van der Waals surface area contributed by atoms with Gasteiger partial charge in [-0.1, -0.05) is 6.42 Å². The Labute approximate surface area is 106 Å². The van der Waals surface area contributed by atoms with Gasteiger partial charge in [0.05, 0.1) is 6.61 Å². The van der Waals surface area contributed by atoms with Crippen LogP contribution in [0, 0.1) is 5.92 Å². The van der Waals surface area contributed by atoms with Crippen molar-refractivity contribution in [2.45, 2.75) is 50.6 Å². The maximum atomic E-state index is 5.21. The van der Waals surface area contributed by atoms with E-state index in [9.17, 15) is 0 Å². The van der Waals surface area contributed by atoms with E-state index in [0.717, 1.165) is 31.2 Å². The molecule has 0 saturated heterocycles. The highest BCUT2D eigenvalue weighted by Gasteiger charge is 2.31. The van der Waals surface area contributed by atoms with Crippen LogP contribution in [0.5, 0.6) is 0 Å². The third-order valence-corrected chi connectivity index (χ3v) is 4.46. The average molecular weight is 240 g/mol. The van der Waals surface area contributed by atoms with E-state index in [4.69, 9.17) is 4.74 Å². The molecule has 2 aliphatic rings. The van der Waals surface area contributed by atoms with E-state index in [2.05, 4.69) is 17.3 Å². The molecule has 3 nitrogen and oxygen atoms in total. The van der Waals surface area contributed by atoms with Crippen molar-refractivity contribution in [2.24, 2.45) is 5.92 Å². The van der Waals surface area contributed by atoms with Gasteiger partial charge in [0.2, 0.25) is 0 Å². The van der Waals surface area contributed by atoms with Gasteiger partial charge in [-0.05, 0) is 51.6 Å². The normalized spacial score (nSPS) is 29.1. The van der Waals surface area contributed by atoms with E-state index in [0.29, 0.717) is 0 Å². The van der Waals surface area contributed by atoms with E-state index >= 15 is 0 Å². The molecular weight excluding hydrogens is 212 g/mol. The summed E-state index contributed by atoms with van der Waals surface area (Å²) in [4.78, 5) is 2.65. The highest BCUT2D eigenvalue weighted by atomic mass is 16.5. The first kappa shape index (κ1) is 13.3. The van der Waals surface area contributed by atoms with Crippen molar-refractivity contribution in [1.29, 1.82) is 0 Å². The van der Waals surface area contributed by atoms with Gasteiger partial charge in [-0.2, -0.15) is 0 Å². The molecular formula is C14H28N2O. The lowest BCUT2D eigenvalue weighted by Crippen LogP contribution is -2.35. The number of hydrogen-bond donors (Lipinski definition) is 1. The Morgan fingerprint density at radius 1 is 1.18 bits per heavy atom. The molecule has 0 aromatic rings. The molecule has 2 atom stereocenters. The zero-order chi connectivity index (χ0) is 12.1. The second-order valence-electron chi connectivity index (χ2n) is 5.63. The van der Waals surface area contributed by atoms with Crippen molar-refractivity contribution in [3.8, 4) is 0 Å². The maximum absolute atomic E-state index is 5.21. The molecule has 100 valence electrons. The summed E-state index contributed by atoms with van der Waals surface area (Å²) >= 11 is 0. The fraction of sp³-hybridized carbons (Fsp3) is 1.00. The molecule has 0 heterocycles. The van der Waals surface area contributed by atoms with E-state index in [1.54, 1.807) is 7.11 Å². The standard InChI is InChI=1S/C14H28N2O/c1-15-14-5-3-4-12(14)8-9-16(10-11-17-2)13-6-7-13/h12-15H,3-11H2,1-2H3. The second kappa shape index (κ2) is 6.72. The molecule has 0 amide bonds. The number of hydrogen-bond acceptors (Lipinski definition) is 3. The van der Waals surface area contributed by atoms with Crippen LogP contribution in [-0.4, -0.2) is 50.8 Å². The van der Waals surface area contributed by atoms with Crippen LogP contribution in [0.1, 0.15) is 38.5 Å². The molecule has 0 aliphatic heterocycles. The first-order valence-corrected chi connectivity index (χ1v) is 7.25. The van der Waals surface area contributed by atoms with Crippen LogP contribution in [0.2, 0.25) is 0 Å². The smallest absolute Gasteiger partial charge is 0.0589 e. The monoisotopic (exact) mass is 240 g/mol. The highest BCUT2D eigenvalue weighted by Crippen LogP contribution is 2.31. The van der Waals surface area contributed by atoms with E-state index in [1.165, 1.54) is 45.1 Å². The third kappa shape index (κ3) is 3.94. The highest BCUT2D eigenvalue weighted by molar-refractivity contribution is 4.87. The summed E-state index contributed by atoms with van der Waals surface area (Å²) in [5.41, 5.74) is 0. The van der Waals surface area contributed by atoms with Crippen molar-refractivity contribution in [3.63, 3.8) is 0 Å². The number of methoxy groups -OCH3 is 1. The second-order valence-corrected chi connectivity index (χ2v) is 5.63. The molecule has 0 bridgehead atoms. The maximum Gasteiger partial charge on any atom is 0.0589 e. The molecule has 2 rings (SSSR count). The Hall–Kier alpha value is -0.120. The molecule has 2 saturated carbocycles. The summed E-state index contributed by atoms with van der Waals surface area (Å²) in [5.74, 6) is 0.906. The minimum atomic E-state index is 0.776. The average Bonchev–Trinajstić information content (AvgIpc) is 3.08. The molecule has 2 unspecified atom stereocenters. The van der Waals surface area contributed by atoms with Gasteiger partial charge in [0.1, 0.15) is 0 Å². The van der Waals surface area contributed by atoms with Gasteiger partial charge < -0.3 is 10.1 Å². The lowest BCUT2D eigenvalue weighted by Gasteiger charge is -2.25. The van der Waals surface area contributed by atoms with Gasteiger partial charge in [0, 0.05) is 25.7 Å². The zero-order valence-electron chi connectivity index (χ0n) is 11.5. The minimum Gasteiger partial charge on any atom is -0.383 e. The lowest BCUT2D eigenvalue weighted by molar-refractivity contribution is 0.137. The summed E-state index contributed by atoms with van der Waals surface area (Å²) in [6.45, 7) is 3.28. The minimum absolute atomic E-state index is 0.776. The van der Waals surface area contributed by atoms with Crippen molar-refractivity contribution in [1.82, 2.24) is 10.2 Å². The Morgan fingerprint density at radius 2 is 2.00 bits per heavy atom. The van der Waals surface area contributed by atoms with Gasteiger partial charge in [-0.3, -0.25) is 4.90 Å². The van der Waals surface area contributed by atoms with Gasteiger partial charge in [0.15, 0.2) is 0 Å². The van der Waals surface area contributed by atoms with Crippen LogP contribution in [0.3, 0.4) is 0 Å². The number of nitrogens with zero attached hydrogens (tertiary/aromatic N) is 1. The van der Waals surface area contributed by atoms with Crippen LogP contribution in [-0.2, 0) is 4.74 Å². The van der Waals surface area contributed by atoms with Crippen LogP contribution >= 0.6 is 0 Å². The van der Waals surface area contributed by atoms with Crippen molar-refractivity contribution >= 4 is 0 Å². The Bertz CT molecular complexity index is 218. The zero-order valence-corrected chi connectivity index (χ0v) is 11.5. The van der Waals surface area contributed by atoms with Crippen LogP contribution in [0.25, 0.3) is 0 Å². The van der Waals surface area contributed by atoms with E-state index in [-0.39, 0.29) is 0 Å². The van der Waals surface area contributed by atoms with Crippen LogP contribution < -0.4 is 5.32 Å². The number of rotatable bonds is 8. The molecule has 0 spiro atoms. The molecule has 2 fully saturated rings. The molecule has 0 radical (unpaired) electrons. The van der Waals surface area contributed by atoms with Crippen molar-refractivity contribution in [3.05, 3.63) is 0 Å². The molecule has 0 aromatic heterocycles. The summed E-state index contributed by atoms with van der Waals surface area (Å²) < 4.78 is 5.21. The first-order valence-electron chi connectivity index (χ1n) is 7.25. The largest absolute Gasteiger partial charge is 0.383 e. The summed E-state index contributed by atoms with van der Waals surface area (Å²) in [6.07, 6.45) is 8.40. The predicted molar refractivity (Wildman–Crippen MR) is 71.3 cm³/mol. The van der Waals surface area contributed by atoms with Gasteiger partial charge >= 0.3 is 0 Å². The Balaban J connectivity index is 1.70. The Morgan fingerprint density at radius 3 is 2.65 bits per heavy atom. The number of ether oxygens (including phenoxy) is 1.